The molecule has 0 N–H and O–H groups in total. The summed E-state index contributed by atoms with van der Waals surface area (Å²) in [5, 5.41) is 11.1. The molecule has 0 aliphatic heterocycles. The maximum Gasteiger partial charge on any atom is 0.163 e. The van der Waals surface area contributed by atoms with E-state index in [9.17, 15) is 0 Å². The number of likely N-dealkylation sites (N-methyl/N-ethyl adjacent to an activating group) is 1. The minimum absolute atomic E-state index is 0.487. The SMILES string of the molecule is CN(CCc1cccs1)c1cccnc1C#N. The van der Waals surface area contributed by atoms with E-state index >= 15 is 0 Å². The van der Waals surface area contributed by atoms with Crippen LogP contribution < -0.4 is 4.90 Å². The third-order valence-electron chi connectivity index (χ3n) is 2.58. The van der Waals surface area contributed by atoms with Gasteiger partial charge in [-0.15, -0.1) is 11.3 Å². The number of thiophene rings is 1. The average Bonchev–Trinajstić information content (AvgIpc) is 2.89. The molecule has 86 valence electrons. The first-order valence-electron chi connectivity index (χ1n) is 5.40. The standard InChI is InChI=1S/C13H13N3S/c1-16(8-6-11-4-3-9-17-11)13-5-2-7-15-12(13)10-14/h2-5,7,9H,6,8H2,1H3. The second-order valence-corrected chi connectivity index (χ2v) is 4.77. The van der Waals surface area contributed by atoms with Crippen LogP contribution in [0.25, 0.3) is 0 Å². The van der Waals surface area contributed by atoms with Crippen molar-refractivity contribution in [1.82, 2.24) is 4.98 Å². The molecule has 0 aliphatic carbocycles. The van der Waals surface area contributed by atoms with Crippen molar-refractivity contribution in [2.75, 3.05) is 18.5 Å². The molecule has 0 saturated heterocycles. The Bertz CT molecular complexity index is 514. The van der Waals surface area contributed by atoms with E-state index < -0.39 is 0 Å². The van der Waals surface area contributed by atoms with Crippen LogP contribution in [0, 0.1) is 11.3 Å². The molecule has 3 nitrogen and oxygen atoms in total. The van der Waals surface area contributed by atoms with Crippen LogP contribution in [-0.4, -0.2) is 18.6 Å². The van der Waals surface area contributed by atoms with Gasteiger partial charge in [-0.2, -0.15) is 5.26 Å². The minimum Gasteiger partial charge on any atom is -0.372 e. The second-order valence-electron chi connectivity index (χ2n) is 3.73. The van der Waals surface area contributed by atoms with Gasteiger partial charge in [0.25, 0.3) is 0 Å². The maximum atomic E-state index is 8.98. The van der Waals surface area contributed by atoms with E-state index in [2.05, 4.69) is 33.5 Å². The van der Waals surface area contributed by atoms with Crippen molar-refractivity contribution in [1.29, 1.82) is 5.26 Å². The Balaban J connectivity index is 2.05. The number of anilines is 1. The first kappa shape index (κ1) is 11.6. The van der Waals surface area contributed by atoms with Gasteiger partial charge < -0.3 is 4.90 Å². The van der Waals surface area contributed by atoms with Crippen molar-refractivity contribution in [3.63, 3.8) is 0 Å². The molecule has 0 unspecified atom stereocenters. The highest BCUT2D eigenvalue weighted by molar-refractivity contribution is 7.09. The third kappa shape index (κ3) is 2.83. The summed E-state index contributed by atoms with van der Waals surface area (Å²) in [5.41, 5.74) is 1.38. The summed E-state index contributed by atoms with van der Waals surface area (Å²) in [5.74, 6) is 0. The zero-order chi connectivity index (χ0) is 12.1. The molecule has 0 radical (unpaired) electrons. The quantitative estimate of drug-likeness (QED) is 0.829. The van der Waals surface area contributed by atoms with Gasteiger partial charge >= 0.3 is 0 Å². The van der Waals surface area contributed by atoms with Crippen molar-refractivity contribution >= 4 is 17.0 Å². The molecule has 0 amide bonds. The van der Waals surface area contributed by atoms with Crippen LogP contribution in [-0.2, 0) is 6.42 Å². The summed E-state index contributed by atoms with van der Waals surface area (Å²) >= 11 is 1.76. The lowest BCUT2D eigenvalue weighted by atomic mass is 10.2. The van der Waals surface area contributed by atoms with E-state index in [1.807, 2.05) is 19.2 Å². The fraction of sp³-hybridized carbons (Fsp3) is 0.231. The van der Waals surface area contributed by atoms with Crippen LogP contribution >= 0.6 is 11.3 Å². The first-order chi connectivity index (χ1) is 8.31. The Hall–Kier alpha value is -1.86. The normalized spacial score (nSPS) is 9.88. The minimum atomic E-state index is 0.487. The van der Waals surface area contributed by atoms with Gasteiger partial charge in [0.15, 0.2) is 5.69 Å². The molecule has 0 bridgehead atoms. The van der Waals surface area contributed by atoms with Crippen LogP contribution in [0.5, 0.6) is 0 Å². The molecule has 2 heterocycles. The smallest absolute Gasteiger partial charge is 0.163 e. The van der Waals surface area contributed by atoms with Crippen LogP contribution in [0.2, 0.25) is 0 Å². The van der Waals surface area contributed by atoms with Crippen LogP contribution in [0.1, 0.15) is 10.6 Å². The molecular formula is C13H13N3S. The van der Waals surface area contributed by atoms with Gasteiger partial charge in [0.1, 0.15) is 6.07 Å². The molecule has 0 spiro atoms. The molecule has 4 heteroatoms. The fourth-order valence-corrected chi connectivity index (χ4v) is 2.34. The van der Waals surface area contributed by atoms with E-state index in [-0.39, 0.29) is 0 Å². The van der Waals surface area contributed by atoms with E-state index in [4.69, 9.17) is 5.26 Å². The summed E-state index contributed by atoms with van der Waals surface area (Å²) < 4.78 is 0. The Labute approximate surface area is 105 Å². The van der Waals surface area contributed by atoms with Crippen molar-refractivity contribution < 1.29 is 0 Å². The van der Waals surface area contributed by atoms with Gasteiger partial charge in [0.2, 0.25) is 0 Å². The van der Waals surface area contributed by atoms with Gasteiger partial charge in [0, 0.05) is 24.7 Å². The molecule has 17 heavy (non-hydrogen) atoms. The van der Waals surface area contributed by atoms with Crippen molar-refractivity contribution in [2.24, 2.45) is 0 Å². The van der Waals surface area contributed by atoms with E-state index in [0.717, 1.165) is 18.7 Å². The average molecular weight is 243 g/mol. The predicted molar refractivity (Wildman–Crippen MR) is 70.2 cm³/mol. The molecule has 2 rings (SSSR count). The largest absolute Gasteiger partial charge is 0.372 e. The highest BCUT2D eigenvalue weighted by Gasteiger charge is 2.07. The lowest BCUT2D eigenvalue weighted by Crippen LogP contribution is -2.21. The molecule has 0 fully saturated rings. The van der Waals surface area contributed by atoms with Crippen molar-refractivity contribution in [2.45, 2.75) is 6.42 Å². The molecule has 2 aromatic rings. The van der Waals surface area contributed by atoms with E-state index in [0.29, 0.717) is 5.69 Å². The number of aromatic nitrogens is 1. The van der Waals surface area contributed by atoms with Gasteiger partial charge in [-0.3, -0.25) is 0 Å². The summed E-state index contributed by atoms with van der Waals surface area (Å²) in [6.45, 7) is 0.890. The topological polar surface area (TPSA) is 39.9 Å². The van der Waals surface area contributed by atoms with E-state index in [1.165, 1.54) is 4.88 Å². The number of hydrogen-bond donors (Lipinski definition) is 0. The Morgan fingerprint density at radius 2 is 2.29 bits per heavy atom. The zero-order valence-corrected chi connectivity index (χ0v) is 10.4. The summed E-state index contributed by atoms with van der Waals surface area (Å²) in [6.07, 6.45) is 2.64. The van der Waals surface area contributed by atoms with Gasteiger partial charge in [-0.05, 0) is 30.0 Å². The Kier molecular flexibility index (Phi) is 3.73. The number of rotatable bonds is 4. The van der Waals surface area contributed by atoms with Crippen LogP contribution in [0.3, 0.4) is 0 Å². The molecule has 2 aromatic heterocycles. The third-order valence-corrected chi connectivity index (χ3v) is 3.51. The second kappa shape index (κ2) is 5.46. The summed E-state index contributed by atoms with van der Waals surface area (Å²) in [7, 11) is 1.99. The molecule has 0 atom stereocenters. The number of pyridine rings is 1. The van der Waals surface area contributed by atoms with Crippen molar-refractivity contribution in [3.05, 3.63) is 46.4 Å². The van der Waals surface area contributed by atoms with E-state index in [1.54, 1.807) is 17.5 Å². The number of hydrogen-bond acceptors (Lipinski definition) is 4. The predicted octanol–water partition coefficient (Wildman–Crippen LogP) is 2.69. The Morgan fingerprint density at radius 3 is 3.00 bits per heavy atom. The molecular weight excluding hydrogens is 230 g/mol. The number of nitriles is 1. The number of nitrogens with zero attached hydrogens (tertiary/aromatic N) is 3. The lowest BCUT2D eigenvalue weighted by molar-refractivity contribution is 0.881. The first-order valence-corrected chi connectivity index (χ1v) is 6.28. The zero-order valence-electron chi connectivity index (χ0n) is 9.63. The van der Waals surface area contributed by atoms with Gasteiger partial charge in [0.05, 0.1) is 5.69 Å². The van der Waals surface area contributed by atoms with Gasteiger partial charge in [-0.25, -0.2) is 4.98 Å². The Morgan fingerprint density at radius 1 is 1.41 bits per heavy atom. The van der Waals surface area contributed by atoms with Crippen LogP contribution in [0.4, 0.5) is 5.69 Å². The monoisotopic (exact) mass is 243 g/mol. The molecule has 0 aliphatic rings. The fourth-order valence-electron chi connectivity index (χ4n) is 1.64. The van der Waals surface area contributed by atoms with Crippen LogP contribution in [0.15, 0.2) is 35.8 Å². The molecule has 0 saturated carbocycles. The summed E-state index contributed by atoms with van der Waals surface area (Å²) in [4.78, 5) is 7.50. The highest BCUT2D eigenvalue weighted by atomic mass is 32.1. The maximum absolute atomic E-state index is 8.98. The molecule has 0 aromatic carbocycles. The summed E-state index contributed by atoms with van der Waals surface area (Å²) in [6, 6.07) is 10.1. The van der Waals surface area contributed by atoms with Crippen molar-refractivity contribution in [3.8, 4) is 6.07 Å². The lowest BCUT2D eigenvalue weighted by Gasteiger charge is -2.19. The van der Waals surface area contributed by atoms with Gasteiger partial charge in [-0.1, -0.05) is 6.07 Å². The highest BCUT2D eigenvalue weighted by Crippen LogP contribution is 2.17.